The Kier molecular flexibility index (Phi) is 6.49. The monoisotopic (exact) mass is 397 g/mol. The molecule has 0 aliphatic heterocycles. The molecule has 28 heavy (non-hydrogen) atoms. The minimum Gasteiger partial charge on any atom is -0.383 e. The molecule has 146 valence electrons. The minimum absolute atomic E-state index is 0.128. The maximum Gasteiger partial charge on any atom is 0.266 e. The van der Waals surface area contributed by atoms with E-state index in [-0.39, 0.29) is 17.2 Å². The molecule has 0 atom stereocenters. The Balaban J connectivity index is 2.02. The summed E-state index contributed by atoms with van der Waals surface area (Å²) in [6.07, 6.45) is 0. The molecule has 7 heteroatoms. The van der Waals surface area contributed by atoms with Crippen molar-refractivity contribution >= 4 is 28.6 Å². The lowest BCUT2D eigenvalue weighted by Gasteiger charge is -2.14. The van der Waals surface area contributed by atoms with Gasteiger partial charge >= 0.3 is 0 Å². The minimum atomic E-state index is -0.141. The van der Waals surface area contributed by atoms with Gasteiger partial charge in [-0.1, -0.05) is 30.0 Å². The van der Waals surface area contributed by atoms with Gasteiger partial charge in [-0.05, 0) is 49.2 Å². The van der Waals surface area contributed by atoms with Crippen molar-refractivity contribution in [1.29, 1.82) is 0 Å². The molecular formula is C21H23N3O3S. The highest BCUT2D eigenvalue weighted by Gasteiger charge is 2.15. The van der Waals surface area contributed by atoms with Crippen LogP contribution in [0.1, 0.15) is 11.1 Å². The Morgan fingerprint density at radius 1 is 1.18 bits per heavy atom. The Morgan fingerprint density at radius 3 is 2.61 bits per heavy atom. The number of para-hydroxylation sites is 1. The molecule has 0 aliphatic rings. The predicted octanol–water partition coefficient (Wildman–Crippen LogP) is 2.86. The number of aryl methyl sites for hydroxylation is 2. The van der Waals surface area contributed by atoms with Gasteiger partial charge in [0.1, 0.15) is 0 Å². The van der Waals surface area contributed by atoms with Crippen LogP contribution in [0.25, 0.3) is 16.6 Å². The molecule has 3 aromatic rings. The molecule has 0 unspecified atom stereocenters. The van der Waals surface area contributed by atoms with E-state index in [0.29, 0.717) is 29.2 Å². The number of carbonyl (C=O) groups is 1. The molecule has 1 amide bonds. The highest BCUT2D eigenvalue weighted by Crippen LogP contribution is 2.22. The smallest absolute Gasteiger partial charge is 0.266 e. The van der Waals surface area contributed by atoms with Crippen LogP contribution in [0, 0.1) is 13.8 Å². The molecule has 0 bridgehead atoms. The molecule has 0 radical (unpaired) electrons. The fourth-order valence-electron chi connectivity index (χ4n) is 2.99. The third kappa shape index (κ3) is 4.61. The van der Waals surface area contributed by atoms with Crippen LogP contribution in [-0.4, -0.2) is 41.5 Å². The summed E-state index contributed by atoms with van der Waals surface area (Å²) in [5.41, 5.74) is 3.35. The summed E-state index contributed by atoms with van der Waals surface area (Å²) in [4.78, 5) is 30.0. The van der Waals surface area contributed by atoms with Gasteiger partial charge in [0.25, 0.3) is 5.56 Å². The van der Waals surface area contributed by atoms with Crippen LogP contribution in [0.2, 0.25) is 0 Å². The van der Waals surface area contributed by atoms with E-state index in [1.54, 1.807) is 17.7 Å². The summed E-state index contributed by atoms with van der Waals surface area (Å²) in [5.74, 6) is 0.0377. The van der Waals surface area contributed by atoms with Crippen molar-refractivity contribution < 1.29 is 9.53 Å². The zero-order valence-corrected chi connectivity index (χ0v) is 17.0. The highest BCUT2D eigenvalue weighted by atomic mass is 32.2. The molecule has 0 saturated carbocycles. The fourth-order valence-corrected chi connectivity index (χ4v) is 3.83. The number of benzene rings is 2. The van der Waals surface area contributed by atoms with Crippen molar-refractivity contribution in [3.63, 3.8) is 0 Å². The first kappa shape index (κ1) is 20.1. The van der Waals surface area contributed by atoms with Crippen LogP contribution in [-0.2, 0) is 9.53 Å². The maximum absolute atomic E-state index is 13.2. The largest absolute Gasteiger partial charge is 0.383 e. The van der Waals surface area contributed by atoms with E-state index >= 15 is 0 Å². The van der Waals surface area contributed by atoms with E-state index in [1.165, 1.54) is 11.8 Å². The van der Waals surface area contributed by atoms with Crippen molar-refractivity contribution in [3.8, 4) is 5.69 Å². The summed E-state index contributed by atoms with van der Waals surface area (Å²) in [5, 5.41) is 3.83. The number of nitrogens with zero attached hydrogens (tertiary/aromatic N) is 2. The number of rotatable bonds is 7. The number of aromatic nitrogens is 2. The van der Waals surface area contributed by atoms with E-state index < -0.39 is 0 Å². The Morgan fingerprint density at radius 2 is 1.89 bits per heavy atom. The van der Waals surface area contributed by atoms with Crippen LogP contribution < -0.4 is 10.9 Å². The highest BCUT2D eigenvalue weighted by molar-refractivity contribution is 7.99. The maximum atomic E-state index is 13.2. The van der Waals surface area contributed by atoms with E-state index in [1.807, 2.05) is 44.2 Å². The van der Waals surface area contributed by atoms with Crippen LogP contribution in [0.15, 0.2) is 52.4 Å². The number of methoxy groups -OCH3 is 1. The average molecular weight is 398 g/mol. The number of fused-ring (bicyclic) bond motifs is 1. The molecule has 0 saturated heterocycles. The number of hydrogen-bond donors (Lipinski definition) is 1. The van der Waals surface area contributed by atoms with Crippen LogP contribution in [0.5, 0.6) is 0 Å². The molecule has 0 aliphatic carbocycles. The van der Waals surface area contributed by atoms with E-state index in [0.717, 1.165) is 16.8 Å². The van der Waals surface area contributed by atoms with Gasteiger partial charge in [0, 0.05) is 13.7 Å². The lowest BCUT2D eigenvalue weighted by atomic mass is 10.1. The van der Waals surface area contributed by atoms with Gasteiger partial charge in [0.05, 0.1) is 29.0 Å². The van der Waals surface area contributed by atoms with Gasteiger partial charge in [-0.25, -0.2) is 4.98 Å². The van der Waals surface area contributed by atoms with Gasteiger partial charge in [-0.15, -0.1) is 0 Å². The van der Waals surface area contributed by atoms with Crippen LogP contribution >= 0.6 is 11.8 Å². The first-order chi connectivity index (χ1) is 13.5. The zero-order valence-electron chi connectivity index (χ0n) is 16.2. The molecule has 0 fully saturated rings. The second kappa shape index (κ2) is 9.03. The summed E-state index contributed by atoms with van der Waals surface area (Å²) in [6.45, 7) is 4.89. The zero-order chi connectivity index (χ0) is 20.1. The van der Waals surface area contributed by atoms with Gasteiger partial charge in [-0.2, -0.15) is 0 Å². The predicted molar refractivity (Wildman–Crippen MR) is 112 cm³/mol. The second-order valence-corrected chi connectivity index (χ2v) is 7.47. The summed E-state index contributed by atoms with van der Waals surface area (Å²) >= 11 is 1.25. The second-order valence-electron chi connectivity index (χ2n) is 6.53. The lowest BCUT2D eigenvalue weighted by molar-refractivity contribution is -0.118. The number of hydrogen-bond acceptors (Lipinski definition) is 5. The summed E-state index contributed by atoms with van der Waals surface area (Å²) in [6, 6.07) is 13.2. The number of thioether (sulfide) groups is 1. The first-order valence-electron chi connectivity index (χ1n) is 8.98. The summed E-state index contributed by atoms with van der Waals surface area (Å²) < 4.78 is 6.53. The average Bonchev–Trinajstić information content (AvgIpc) is 2.66. The van der Waals surface area contributed by atoms with E-state index in [9.17, 15) is 9.59 Å². The topological polar surface area (TPSA) is 73.2 Å². The summed E-state index contributed by atoms with van der Waals surface area (Å²) in [7, 11) is 1.59. The van der Waals surface area contributed by atoms with Crippen molar-refractivity contribution in [3.05, 3.63) is 63.9 Å². The Labute approximate surface area is 167 Å². The van der Waals surface area contributed by atoms with Gasteiger partial charge in [-0.3, -0.25) is 14.2 Å². The van der Waals surface area contributed by atoms with E-state index in [2.05, 4.69) is 16.4 Å². The van der Waals surface area contributed by atoms with Crippen molar-refractivity contribution in [2.24, 2.45) is 0 Å². The Bertz CT molecular complexity index is 1040. The van der Waals surface area contributed by atoms with Crippen molar-refractivity contribution in [1.82, 2.24) is 14.9 Å². The van der Waals surface area contributed by atoms with Gasteiger partial charge in [0.2, 0.25) is 5.91 Å². The molecular weight excluding hydrogens is 374 g/mol. The van der Waals surface area contributed by atoms with Crippen LogP contribution in [0.4, 0.5) is 0 Å². The van der Waals surface area contributed by atoms with Gasteiger partial charge in [0.15, 0.2) is 5.16 Å². The van der Waals surface area contributed by atoms with E-state index in [4.69, 9.17) is 4.74 Å². The molecule has 1 heterocycles. The normalized spacial score (nSPS) is 11.0. The van der Waals surface area contributed by atoms with Crippen molar-refractivity contribution in [2.45, 2.75) is 19.0 Å². The quantitative estimate of drug-likeness (QED) is 0.377. The molecule has 1 aromatic heterocycles. The first-order valence-corrected chi connectivity index (χ1v) is 9.97. The number of nitrogens with one attached hydrogen (secondary N) is 1. The third-order valence-corrected chi connectivity index (χ3v) is 5.11. The standard InChI is InChI=1S/C21H23N3O3S/c1-14-10-15(2)12-16(11-14)24-20(26)17-6-4-5-7-18(17)23-21(24)28-13-19(25)22-8-9-27-3/h4-7,10-12H,8-9,13H2,1-3H3,(H,22,25). The number of ether oxygens (including phenoxy) is 1. The fraction of sp³-hybridized carbons (Fsp3) is 0.286. The third-order valence-electron chi connectivity index (χ3n) is 4.17. The SMILES string of the molecule is COCCNC(=O)CSc1nc2ccccc2c(=O)n1-c1cc(C)cc(C)c1. The molecule has 2 aromatic carbocycles. The molecule has 6 nitrogen and oxygen atoms in total. The Hall–Kier alpha value is -2.64. The molecule has 1 N–H and O–H groups in total. The number of carbonyl (C=O) groups excluding carboxylic acids is 1. The molecule has 0 spiro atoms. The van der Waals surface area contributed by atoms with Crippen LogP contribution in [0.3, 0.4) is 0 Å². The number of amides is 1. The van der Waals surface area contributed by atoms with Gasteiger partial charge < -0.3 is 10.1 Å². The molecule has 3 rings (SSSR count). The lowest BCUT2D eigenvalue weighted by Crippen LogP contribution is -2.29. The van der Waals surface area contributed by atoms with Crippen molar-refractivity contribution in [2.75, 3.05) is 26.0 Å².